The van der Waals surface area contributed by atoms with Gasteiger partial charge in [-0.15, -0.1) is 0 Å². The standard InChI is InChI=1S/C17H21N5O3/c23-17(24)22-9-6-13(11-22)16-19-15(20-25-16)12-4-5-14(18-10-12)21-7-2-1-3-8-21/h4-5,10,13H,1-3,6-9,11H2,(H,23,24)/t13-/m1/s1. The minimum absolute atomic E-state index is 0.0297. The molecular weight excluding hydrogens is 322 g/mol. The Hall–Kier alpha value is -2.64. The van der Waals surface area contributed by atoms with Gasteiger partial charge >= 0.3 is 6.09 Å². The molecule has 25 heavy (non-hydrogen) atoms. The van der Waals surface area contributed by atoms with Gasteiger partial charge in [0, 0.05) is 37.9 Å². The summed E-state index contributed by atoms with van der Waals surface area (Å²) in [4.78, 5) is 23.7. The minimum atomic E-state index is -0.903. The molecule has 0 bridgehead atoms. The molecule has 1 atom stereocenters. The Labute approximate surface area is 145 Å². The lowest BCUT2D eigenvalue weighted by atomic mass is 10.1. The zero-order valence-electron chi connectivity index (χ0n) is 14.0. The predicted molar refractivity (Wildman–Crippen MR) is 90.5 cm³/mol. The highest BCUT2D eigenvalue weighted by Gasteiger charge is 2.31. The smallest absolute Gasteiger partial charge is 0.407 e. The Morgan fingerprint density at radius 2 is 2.04 bits per heavy atom. The van der Waals surface area contributed by atoms with Crippen LogP contribution < -0.4 is 4.90 Å². The lowest BCUT2D eigenvalue weighted by Gasteiger charge is -2.27. The molecule has 2 aromatic heterocycles. The fraction of sp³-hybridized carbons (Fsp3) is 0.529. The number of amides is 1. The van der Waals surface area contributed by atoms with E-state index in [0.29, 0.717) is 31.2 Å². The van der Waals surface area contributed by atoms with Gasteiger partial charge in [-0.3, -0.25) is 0 Å². The summed E-state index contributed by atoms with van der Waals surface area (Å²) in [5.74, 6) is 1.96. The molecule has 2 aromatic rings. The first-order chi connectivity index (χ1) is 12.2. The number of anilines is 1. The predicted octanol–water partition coefficient (Wildman–Crippen LogP) is 2.59. The van der Waals surface area contributed by atoms with Gasteiger partial charge in [-0.1, -0.05) is 5.16 Å². The van der Waals surface area contributed by atoms with Crippen LogP contribution in [0.4, 0.5) is 10.6 Å². The number of nitrogens with zero attached hydrogens (tertiary/aromatic N) is 5. The van der Waals surface area contributed by atoms with Crippen LogP contribution in [0, 0.1) is 0 Å². The maximum absolute atomic E-state index is 11.0. The van der Waals surface area contributed by atoms with Crippen molar-refractivity contribution in [1.29, 1.82) is 0 Å². The van der Waals surface area contributed by atoms with Gasteiger partial charge in [-0.2, -0.15) is 4.98 Å². The summed E-state index contributed by atoms with van der Waals surface area (Å²) in [5, 5.41) is 13.1. The van der Waals surface area contributed by atoms with Gasteiger partial charge in [0.05, 0.1) is 5.92 Å². The van der Waals surface area contributed by atoms with Crippen LogP contribution in [0.3, 0.4) is 0 Å². The molecule has 0 saturated carbocycles. The number of likely N-dealkylation sites (tertiary alicyclic amines) is 1. The molecule has 0 aliphatic carbocycles. The Balaban J connectivity index is 1.46. The number of rotatable bonds is 3. The second-order valence-electron chi connectivity index (χ2n) is 6.62. The molecule has 8 heteroatoms. The molecule has 2 aliphatic heterocycles. The number of carboxylic acid groups (broad SMARTS) is 1. The van der Waals surface area contributed by atoms with E-state index in [-0.39, 0.29) is 5.92 Å². The van der Waals surface area contributed by atoms with Crippen LogP contribution in [0.1, 0.15) is 37.5 Å². The molecule has 0 spiro atoms. The van der Waals surface area contributed by atoms with Crippen LogP contribution in [0.15, 0.2) is 22.9 Å². The highest BCUT2D eigenvalue weighted by Crippen LogP contribution is 2.28. The van der Waals surface area contributed by atoms with E-state index in [4.69, 9.17) is 9.63 Å². The summed E-state index contributed by atoms with van der Waals surface area (Å²) in [6.07, 6.45) is 5.30. The van der Waals surface area contributed by atoms with Crippen molar-refractivity contribution in [3.8, 4) is 11.4 Å². The maximum Gasteiger partial charge on any atom is 0.407 e. The van der Waals surface area contributed by atoms with Crippen LogP contribution in [0.5, 0.6) is 0 Å². The summed E-state index contributed by atoms with van der Waals surface area (Å²) in [6.45, 7) is 3.02. The molecule has 4 heterocycles. The summed E-state index contributed by atoms with van der Waals surface area (Å²) in [5.41, 5.74) is 0.809. The quantitative estimate of drug-likeness (QED) is 0.915. The molecule has 2 fully saturated rings. The summed E-state index contributed by atoms with van der Waals surface area (Å²) in [7, 11) is 0. The monoisotopic (exact) mass is 343 g/mol. The topological polar surface area (TPSA) is 95.6 Å². The third kappa shape index (κ3) is 3.29. The van der Waals surface area contributed by atoms with E-state index >= 15 is 0 Å². The summed E-state index contributed by atoms with van der Waals surface area (Å²) >= 11 is 0. The first-order valence-corrected chi connectivity index (χ1v) is 8.73. The molecule has 1 amide bonds. The fourth-order valence-electron chi connectivity index (χ4n) is 3.48. The zero-order valence-corrected chi connectivity index (χ0v) is 14.0. The van der Waals surface area contributed by atoms with E-state index < -0.39 is 6.09 Å². The number of aromatic nitrogens is 3. The minimum Gasteiger partial charge on any atom is -0.465 e. The van der Waals surface area contributed by atoms with Crippen molar-refractivity contribution in [3.05, 3.63) is 24.2 Å². The van der Waals surface area contributed by atoms with Crippen molar-refractivity contribution in [2.24, 2.45) is 0 Å². The van der Waals surface area contributed by atoms with Crippen molar-refractivity contribution in [2.45, 2.75) is 31.6 Å². The van der Waals surface area contributed by atoms with Gasteiger partial charge in [0.2, 0.25) is 11.7 Å². The molecule has 1 N–H and O–H groups in total. The van der Waals surface area contributed by atoms with Crippen LogP contribution in [-0.2, 0) is 0 Å². The molecule has 0 unspecified atom stereocenters. The van der Waals surface area contributed by atoms with E-state index in [1.807, 2.05) is 12.1 Å². The molecule has 8 nitrogen and oxygen atoms in total. The van der Waals surface area contributed by atoms with Crippen LogP contribution in [0.2, 0.25) is 0 Å². The van der Waals surface area contributed by atoms with Gasteiger partial charge in [0.1, 0.15) is 5.82 Å². The molecule has 2 saturated heterocycles. The molecule has 0 aromatic carbocycles. The second-order valence-corrected chi connectivity index (χ2v) is 6.62. The van der Waals surface area contributed by atoms with Crippen LogP contribution in [-0.4, -0.2) is 57.4 Å². The molecular formula is C17H21N5O3. The highest BCUT2D eigenvalue weighted by molar-refractivity contribution is 5.65. The lowest BCUT2D eigenvalue weighted by Crippen LogP contribution is -2.29. The normalized spacial score (nSPS) is 20.9. The van der Waals surface area contributed by atoms with Crippen molar-refractivity contribution < 1.29 is 14.4 Å². The first kappa shape index (κ1) is 15.9. The third-order valence-corrected chi connectivity index (χ3v) is 4.94. The van der Waals surface area contributed by atoms with Gasteiger partial charge in [0.15, 0.2) is 0 Å². The Morgan fingerprint density at radius 3 is 2.72 bits per heavy atom. The highest BCUT2D eigenvalue weighted by atomic mass is 16.5. The second kappa shape index (κ2) is 6.70. The van der Waals surface area contributed by atoms with Gasteiger partial charge in [-0.05, 0) is 37.8 Å². The average molecular weight is 343 g/mol. The zero-order chi connectivity index (χ0) is 17.2. The largest absolute Gasteiger partial charge is 0.465 e. The van der Waals surface area contributed by atoms with Gasteiger partial charge in [0.25, 0.3) is 0 Å². The van der Waals surface area contributed by atoms with E-state index in [1.54, 1.807) is 6.20 Å². The van der Waals surface area contributed by atoms with E-state index in [0.717, 1.165) is 24.5 Å². The number of pyridine rings is 1. The molecule has 0 radical (unpaired) electrons. The Bertz CT molecular complexity index is 739. The number of carbonyl (C=O) groups is 1. The Morgan fingerprint density at radius 1 is 1.20 bits per heavy atom. The number of hydrogen-bond acceptors (Lipinski definition) is 6. The average Bonchev–Trinajstić information content (AvgIpc) is 3.32. The fourth-order valence-corrected chi connectivity index (χ4v) is 3.48. The number of piperidine rings is 1. The number of hydrogen-bond donors (Lipinski definition) is 1. The first-order valence-electron chi connectivity index (χ1n) is 8.73. The maximum atomic E-state index is 11.0. The van der Waals surface area contributed by atoms with Gasteiger partial charge < -0.3 is 19.4 Å². The van der Waals surface area contributed by atoms with E-state index in [2.05, 4.69) is 20.0 Å². The molecule has 4 rings (SSSR count). The molecule has 132 valence electrons. The van der Waals surface area contributed by atoms with Crippen molar-refractivity contribution in [3.63, 3.8) is 0 Å². The van der Waals surface area contributed by atoms with E-state index in [9.17, 15) is 4.79 Å². The van der Waals surface area contributed by atoms with Crippen LogP contribution >= 0.6 is 0 Å². The SMILES string of the molecule is O=C(O)N1CC[C@@H](c2nc(-c3ccc(N4CCCCC4)nc3)no2)C1. The lowest BCUT2D eigenvalue weighted by molar-refractivity contribution is 0.154. The van der Waals surface area contributed by atoms with Crippen LogP contribution in [0.25, 0.3) is 11.4 Å². The van der Waals surface area contributed by atoms with Crippen molar-refractivity contribution >= 4 is 11.9 Å². The Kier molecular flexibility index (Phi) is 4.25. The summed E-state index contributed by atoms with van der Waals surface area (Å²) in [6, 6.07) is 3.96. The van der Waals surface area contributed by atoms with Crippen molar-refractivity contribution in [2.75, 3.05) is 31.1 Å². The van der Waals surface area contributed by atoms with Crippen molar-refractivity contribution in [1.82, 2.24) is 20.0 Å². The van der Waals surface area contributed by atoms with Gasteiger partial charge in [-0.25, -0.2) is 9.78 Å². The van der Waals surface area contributed by atoms with E-state index in [1.165, 1.54) is 24.2 Å². The third-order valence-electron chi connectivity index (χ3n) is 4.94. The molecule has 2 aliphatic rings. The summed E-state index contributed by atoms with van der Waals surface area (Å²) < 4.78 is 5.36.